The van der Waals surface area contributed by atoms with Gasteiger partial charge in [-0.25, -0.2) is 0 Å². The summed E-state index contributed by atoms with van der Waals surface area (Å²) in [6.45, 7) is 3.14. The van der Waals surface area contributed by atoms with Gasteiger partial charge in [-0.05, 0) is 48.9 Å². The molecular formula is C21H26N2O3. The molecule has 1 aromatic heterocycles. The number of aliphatic hydroxyl groups is 1. The van der Waals surface area contributed by atoms with Crippen LogP contribution in [-0.2, 0) is 16.0 Å². The van der Waals surface area contributed by atoms with Gasteiger partial charge in [-0.3, -0.25) is 9.78 Å². The molecule has 2 aromatic rings. The number of amides is 1. The summed E-state index contributed by atoms with van der Waals surface area (Å²) in [6, 6.07) is 12.3. The third-order valence-corrected chi connectivity index (χ3v) is 4.98. The highest BCUT2D eigenvalue weighted by Crippen LogP contribution is 2.35. The van der Waals surface area contributed by atoms with Gasteiger partial charge in [-0.1, -0.05) is 30.3 Å². The quantitative estimate of drug-likeness (QED) is 0.836. The van der Waals surface area contributed by atoms with Gasteiger partial charge in [0.25, 0.3) is 0 Å². The van der Waals surface area contributed by atoms with E-state index < -0.39 is 11.5 Å². The first-order valence-corrected chi connectivity index (χ1v) is 9.12. The highest BCUT2D eigenvalue weighted by atomic mass is 16.5. The number of rotatable bonds is 6. The van der Waals surface area contributed by atoms with Crippen LogP contribution in [0.25, 0.3) is 11.1 Å². The van der Waals surface area contributed by atoms with Gasteiger partial charge in [-0.15, -0.1) is 0 Å². The van der Waals surface area contributed by atoms with Crippen molar-refractivity contribution in [1.29, 1.82) is 0 Å². The molecule has 0 aliphatic carbocycles. The predicted molar refractivity (Wildman–Crippen MR) is 101 cm³/mol. The number of hydrogen-bond donors (Lipinski definition) is 2. The fraction of sp³-hybridized carbons (Fsp3) is 0.429. The van der Waals surface area contributed by atoms with Gasteiger partial charge >= 0.3 is 0 Å². The number of aliphatic hydroxyl groups excluding tert-OH is 1. The van der Waals surface area contributed by atoms with E-state index in [1.54, 1.807) is 13.1 Å². The number of carbonyl (C=O) groups excluding carboxylic acids is 1. The van der Waals surface area contributed by atoms with E-state index in [4.69, 9.17) is 4.74 Å². The maximum absolute atomic E-state index is 12.8. The van der Waals surface area contributed by atoms with Crippen molar-refractivity contribution in [3.05, 3.63) is 54.4 Å². The zero-order valence-corrected chi connectivity index (χ0v) is 15.1. The first-order chi connectivity index (χ1) is 12.6. The van der Waals surface area contributed by atoms with Gasteiger partial charge in [-0.2, -0.15) is 0 Å². The van der Waals surface area contributed by atoms with E-state index in [-0.39, 0.29) is 12.5 Å². The van der Waals surface area contributed by atoms with E-state index in [2.05, 4.69) is 34.6 Å². The zero-order valence-electron chi connectivity index (χ0n) is 15.1. The van der Waals surface area contributed by atoms with Crippen molar-refractivity contribution in [1.82, 2.24) is 10.3 Å². The summed E-state index contributed by atoms with van der Waals surface area (Å²) in [5, 5.41) is 12.4. The van der Waals surface area contributed by atoms with Crippen molar-refractivity contribution in [2.45, 2.75) is 32.3 Å². The summed E-state index contributed by atoms with van der Waals surface area (Å²) in [4.78, 5) is 17.0. The Hall–Kier alpha value is -2.24. The minimum absolute atomic E-state index is 0.0121. The molecule has 1 amide bonds. The molecule has 2 heterocycles. The van der Waals surface area contributed by atoms with Gasteiger partial charge < -0.3 is 15.2 Å². The van der Waals surface area contributed by atoms with Crippen LogP contribution in [0.1, 0.15) is 25.3 Å². The van der Waals surface area contributed by atoms with Crippen LogP contribution in [0.2, 0.25) is 0 Å². The smallest absolute Gasteiger partial charge is 0.226 e. The molecule has 1 atom stereocenters. The van der Waals surface area contributed by atoms with Gasteiger partial charge in [0.15, 0.2) is 0 Å². The van der Waals surface area contributed by atoms with Crippen LogP contribution in [0, 0.1) is 5.41 Å². The van der Waals surface area contributed by atoms with Crippen LogP contribution < -0.4 is 5.32 Å². The molecule has 138 valence electrons. The molecule has 1 aliphatic rings. The number of nitrogens with zero attached hydrogens (tertiary/aromatic N) is 1. The Labute approximate surface area is 154 Å². The Morgan fingerprint density at radius 1 is 1.23 bits per heavy atom. The third-order valence-electron chi connectivity index (χ3n) is 4.98. The predicted octanol–water partition coefficient (Wildman–Crippen LogP) is 2.58. The van der Waals surface area contributed by atoms with E-state index in [1.807, 2.05) is 18.3 Å². The van der Waals surface area contributed by atoms with Gasteiger partial charge in [0.2, 0.25) is 5.91 Å². The largest absolute Gasteiger partial charge is 0.392 e. The molecule has 1 aromatic carbocycles. The number of hydrogen-bond acceptors (Lipinski definition) is 4. The van der Waals surface area contributed by atoms with E-state index in [9.17, 15) is 9.90 Å². The normalized spacial score (nSPS) is 17.5. The van der Waals surface area contributed by atoms with E-state index in [1.165, 1.54) is 0 Å². The molecule has 0 unspecified atom stereocenters. The number of nitrogens with one attached hydrogen (secondary N) is 1. The molecule has 3 rings (SSSR count). The zero-order chi connectivity index (χ0) is 18.4. The Bertz CT molecular complexity index is 708. The lowest BCUT2D eigenvalue weighted by Gasteiger charge is -2.36. The molecule has 26 heavy (non-hydrogen) atoms. The van der Waals surface area contributed by atoms with Crippen LogP contribution in [0.5, 0.6) is 0 Å². The van der Waals surface area contributed by atoms with Crippen molar-refractivity contribution in [3.63, 3.8) is 0 Å². The monoisotopic (exact) mass is 354 g/mol. The lowest BCUT2D eigenvalue weighted by atomic mass is 9.74. The van der Waals surface area contributed by atoms with Gasteiger partial charge in [0, 0.05) is 32.2 Å². The van der Waals surface area contributed by atoms with E-state index >= 15 is 0 Å². The molecule has 0 spiro atoms. The lowest BCUT2D eigenvalue weighted by molar-refractivity contribution is -0.137. The van der Waals surface area contributed by atoms with Crippen LogP contribution in [-0.4, -0.2) is 41.9 Å². The van der Waals surface area contributed by atoms with Crippen molar-refractivity contribution < 1.29 is 14.6 Å². The number of benzene rings is 1. The summed E-state index contributed by atoms with van der Waals surface area (Å²) in [5.74, 6) is 0.0121. The second kappa shape index (κ2) is 8.43. The number of carbonyl (C=O) groups is 1. The molecule has 1 saturated heterocycles. The van der Waals surface area contributed by atoms with Crippen molar-refractivity contribution in [2.75, 3.05) is 19.8 Å². The van der Waals surface area contributed by atoms with E-state index in [0.29, 0.717) is 32.5 Å². The fourth-order valence-electron chi connectivity index (χ4n) is 3.41. The van der Waals surface area contributed by atoms with Gasteiger partial charge in [0.05, 0.1) is 11.5 Å². The molecule has 5 nitrogen and oxygen atoms in total. The minimum Gasteiger partial charge on any atom is -0.392 e. The third kappa shape index (κ3) is 4.48. The molecule has 2 N–H and O–H groups in total. The van der Waals surface area contributed by atoms with Crippen LogP contribution in [0.3, 0.4) is 0 Å². The average Bonchev–Trinajstić information content (AvgIpc) is 2.68. The Morgan fingerprint density at radius 3 is 2.58 bits per heavy atom. The summed E-state index contributed by atoms with van der Waals surface area (Å²) < 4.78 is 5.48. The number of ether oxygens (including phenoxy) is 1. The van der Waals surface area contributed by atoms with Crippen molar-refractivity contribution >= 4 is 5.91 Å². The maximum Gasteiger partial charge on any atom is 0.226 e. The molecule has 0 radical (unpaired) electrons. The van der Waals surface area contributed by atoms with Crippen molar-refractivity contribution in [2.24, 2.45) is 5.41 Å². The fourth-order valence-corrected chi connectivity index (χ4v) is 3.41. The summed E-state index contributed by atoms with van der Waals surface area (Å²) in [7, 11) is 0. The molecule has 1 aliphatic heterocycles. The maximum atomic E-state index is 12.8. The number of aromatic nitrogens is 1. The SMILES string of the molecule is C[C@@H](O)CNC(=O)C1(Cc2ccc(-c3cccnc3)cc2)CCOCC1. The highest BCUT2D eigenvalue weighted by Gasteiger charge is 2.40. The second-order valence-electron chi connectivity index (χ2n) is 7.07. The average molecular weight is 354 g/mol. The Kier molecular flexibility index (Phi) is 6.01. The molecule has 0 saturated carbocycles. The van der Waals surface area contributed by atoms with Gasteiger partial charge in [0.1, 0.15) is 0 Å². The Morgan fingerprint density at radius 2 is 1.96 bits per heavy atom. The molecule has 5 heteroatoms. The van der Waals surface area contributed by atoms with Crippen LogP contribution in [0.4, 0.5) is 0 Å². The number of pyridine rings is 1. The Balaban J connectivity index is 1.75. The molecule has 1 fully saturated rings. The highest BCUT2D eigenvalue weighted by molar-refractivity contribution is 5.83. The van der Waals surface area contributed by atoms with E-state index in [0.717, 1.165) is 16.7 Å². The molecular weight excluding hydrogens is 328 g/mol. The topological polar surface area (TPSA) is 71.5 Å². The lowest BCUT2D eigenvalue weighted by Crippen LogP contribution is -2.47. The second-order valence-corrected chi connectivity index (χ2v) is 7.07. The first kappa shape index (κ1) is 18.5. The minimum atomic E-state index is -0.547. The summed E-state index contributed by atoms with van der Waals surface area (Å²) in [6.07, 6.45) is 5.13. The standard InChI is InChI=1S/C21H26N2O3/c1-16(24)14-23-20(25)21(8-11-26-12-9-21)13-17-4-6-18(7-5-17)19-3-2-10-22-15-19/h2-7,10,15-16,24H,8-9,11-14H2,1H3,(H,23,25)/t16-/m1/s1. The van der Waals surface area contributed by atoms with Crippen LogP contribution in [0.15, 0.2) is 48.8 Å². The molecule has 0 bridgehead atoms. The van der Waals surface area contributed by atoms with Crippen LogP contribution >= 0.6 is 0 Å². The summed E-state index contributed by atoms with van der Waals surface area (Å²) >= 11 is 0. The van der Waals surface area contributed by atoms with Crippen molar-refractivity contribution in [3.8, 4) is 11.1 Å². The first-order valence-electron chi connectivity index (χ1n) is 9.12. The summed E-state index contributed by atoms with van der Waals surface area (Å²) in [5.41, 5.74) is 2.85.